The summed E-state index contributed by atoms with van der Waals surface area (Å²) < 4.78 is 0.825. The normalized spacial score (nSPS) is 12.9. The lowest BCUT2D eigenvalue weighted by Gasteiger charge is -2.25. The van der Waals surface area contributed by atoms with Gasteiger partial charge in [0.05, 0.1) is 16.3 Å². The molecule has 9 N–H and O–H groups in total. The van der Waals surface area contributed by atoms with Crippen molar-refractivity contribution < 1.29 is 24.0 Å². The SMILES string of the molecule is CC(=O)N[C@@H](CCC(N)=O)C(=O)N[C@@H](Cc1ccccc1)C(=O)N[C@@H](CCCN=C(N)N)C(=O)c1nc2ccccc2s1. The molecule has 1 aromatic heterocycles. The fourth-order valence-electron chi connectivity index (χ4n) is 4.30. The van der Waals surface area contributed by atoms with Crippen molar-refractivity contribution >= 4 is 56.9 Å². The Kier molecular flexibility index (Phi) is 12.1. The molecule has 0 spiro atoms. The van der Waals surface area contributed by atoms with Gasteiger partial charge in [-0.1, -0.05) is 42.5 Å². The van der Waals surface area contributed by atoms with Gasteiger partial charge in [0.15, 0.2) is 11.0 Å². The van der Waals surface area contributed by atoms with Crippen molar-refractivity contribution in [3.8, 4) is 0 Å². The molecule has 0 aliphatic carbocycles. The van der Waals surface area contributed by atoms with Crippen LogP contribution in [0.1, 0.15) is 48.0 Å². The Morgan fingerprint density at radius 1 is 0.837 bits per heavy atom. The molecule has 228 valence electrons. The number of hydrogen-bond donors (Lipinski definition) is 6. The number of primary amides is 1. The zero-order chi connectivity index (χ0) is 31.4. The van der Waals surface area contributed by atoms with Gasteiger partial charge >= 0.3 is 0 Å². The monoisotopic (exact) mass is 608 g/mol. The molecule has 0 fully saturated rings. The van der Waals surface area contributed by atoms with E-state index in [1.807, 2.05) is 24.3 Å². The Bertz CT molecular complexity index is 1440. The maximum atomic E-state index is 13.7. The average molecular weight is 609 g/mol. The summed E-state index contributed by atoms with van der Waals surface area (Å²) in [6, 6.07) is 13.1. The summed E-state index contributed by atoms with van der Waals surface area (Å²) in [7, 11) is 0. The molecule has 14 heteroatoms. The van der Waals surface area contributed by atoms with Crippen LogP contribution in [0.4, 0.5) is 0 Å². The van der Waals surface area contributed by atoms with Crippen LogP contribution in [0.3, 0.4) is 0 Å². The molecule has 0 bridgehead atoms. The number of carbonyl (C=O) groups excluding carboxylic acids is 5. The highest BCUT2D eigenvalue weighted by molar-refractivity contribution is 7.20. The highest BCUT2D eigenvalue weighted by Gasteiger charge is 2.31. The molecule has 0 aliphatic heterocycles. The predicted molar refractivity (Wildman–Crippen MR) is 164 cm³/mol. The number of rotatable bonds is 16. The minimum atomic E-state index is -1.12. The number of aliphatic imine (C=N–C) groups is 1. The first kappa shape index (κ1) is 32.7. The number of para-hydroxylation sites is 1. The molecule has 4 amide bonds. The van der Waals surface area contributed by atoms with Crippen molar-refractivity contribution in [1.29, 1.82) is 0 Å². The van der Waals surface area contributed by atoms with Gasteiger partial charge in [-0.25, -0.2) is 4.98 Å². The van der Waals surface area contributed by atoms with E-state index in [0.29, 0.717) is 11.9 Å². The van der Waals surface area contributed by atoms with Crippen LogP contribution in [0.2, 0.25) is 0 Å². The van der Waals surface area contributed by atoms with E-state index in [4.69, 9.17) is 17.2 Å². The molecule has 1 heterocycles. The van der Waals surface area contributed by atoms with Crippen LogP contribution < -0.4 is 33.2 Å². The van der Waals surface area contributed by atoms with Crippen LogP contribution >= 0.6 is 11.3 Å². The minimum absolute atomic E-state index is 0.0517. The number of hydrogen-bond acceptors (Lipinski definition) is 8. The van der Waals surface area contributed by atoms with E-state index in [9.17, 15) is 24.0 Å². The number of amides is 4. The first-order chi connectivity index (χ1) is 20.5. The number of thiazole rings is 1. The summed E-state index contributed by atoms with van der Waals surface area (Å²) in [6.07, 6.45) is 0.479. The molecule has 0 unspecified atom stereocenters. The first-order valence-electron chi connectivity index (χ1n) is 13.7. The molecule has 3 atom stereocenters. The van der Waals surface area contributed by atoms with Crippen molar-refractivity contribution in [3.63, 3.8) is 0 Å². The standard InChI is InChI=1S/C29H36N8O5S/c1-17(38)34-21(13-14-24(30)39)26(41)36-22(16-18-8-3-2-4-9-18)27(42)35-20(11-7-15-33-29(31)32)25(40)28-37-19-10-5-6-12-23(19)43-28/h2-6,8-10,12,20-22H,7,11,13-16H2,1H3,(H2,30,39)(H,34,38)(H,35,42)(H,36,41)(H4,31,32,33)/t20-,21-,22-/m0/s1. The second-order valence-corrected chi connectivity index (χ2v) is 10.9. The second-order valence-electron chi connectivity index (χ2n) is 9.87. The number of guanidine groups is 1. The zero-order valence-electron chi connectivity index (χ0n) is 23.7. The molecule has 0 radical (unpaired) electrons. The van der Waals surface area contributed by atoms with Crippen molar-refractivity contribution in [3.05, 3.63) is 65.2 Å². The van der Waals surface area contributed by atoms with E-state index in [-0.39, 0.29) is 49.0 Å². The summed E-state index contributed by atoms with van der Waals surface area (Å²) in [6.45, 7) is 1.48. The maximum absolute atomic E-state index is 13.7. The number of benzene rings is 2. The molecular weight excluding hydrogens is 572 g/mol. The summed E-state index contributed by atoms with van der Waals surface area (Å²) in [4.78, 5) is 72.1. The van der Waals surface area contributed by atoms with Gasteiger partial charge in [0.1, 0.15) is 12.1 Å². The maximum Gasteiger partial charge on any atom is 0.243 e. The molecule has 43 heavy (non-hydrogen) atoms. The van der Waals surface area contributed by atoms with Crippen LogP contribution in [0, 0.1) is 0 Å². The van der Waals surface area contributed by atoms with Gasteiger partial charge < -0.3 is 33.2 Å². The average Bonchev–Trinajstić information content (AvgIpc) is 3.40. The van der Waals surface area contributed by atoms with Crippen LogP contribution in [-0.2, 0) is 25.6 Å². The van der Waals surface area contributed by atoms with E-state index in [1.54, 1.807) is 30.3 Å². The van der Waals surface area contributed by atoms with Crippen LogP contribution in [0.25, 0.3) is 10.2 Å². The number of nitrogens with zero attached hydrogens (tertiary/aromatic N) is 2. The molecule has 0 aliphatic rings. The molecule has 2 aromatic carbocycles. The molecule has 13 nitrogen and oxygen atoms in total. The summed E-state index contributed by atoms with van der Waals surface area (Å²) in [5, 5.41) is 8.21. The van der Waals surface area contributed by atoms with Gasteiger partial charge in [-0.3, -0.25) is 29.0 Å². The van der Waals surface area contributed by atoms with Gasteiger partial charge in [0, 0.05) is 26.3 Å². The number of aromatic nitrogens is 1. The quantitative estimate of drug-likeness (QED) is 0.0580. The fraction of sp³-hybridized carbons (Fsp3) is 0.345. The third-order valence-corrected chi connectivity index (χ3v) is 7.42. The summed E-state index contributed by atoms with van der Waals surface area (Å²) >= 11 is 1.22. The zero-order valence-corrected chi connectivity index (χ0v) is 24.6. The molecule has 3 aromatic rings. The number of nitrogens with two attached hydrogens (primary N) is 3. The second kappa shape index (κ2) is 16.0. The van der Waals surface area contributed by atoms with Crippen molar-refractivity contribution in [2.24, 2.45) is 22.2 Å². The topological polar surface area (TPSA) is 225 Å². The number of Topliss-reactive ketones (excluding diaryl/α,β-unsaturated/α-hetero) is 1. The van der Waals surface area contributed by atoms with Gasteiger partial charge in [0.25, 0.3) is 0 Å². The Hall–Kier alpha value is -4.85. The summed E-state index contributed by atoms with van der Waals surface area (Å²) in [5.41, 5.74) is 17.5. The lowest BCUT2D eigenvalue weighted by molar-refractivity contribution is -0.132. The first-order valence-corrected chi connectivity index (χ1v) is 14.5. The van der Waals surface area contributed by atoms with Crippen LogP contribution in [0.5, 0.6) is 0 Å². The Morgan fingerprint density at radius 3 is 2.14 bits per heavy atom. The van der Waals surface area contributed by atoms with Crippen LogP contribution in [0.15, 0.2) is 59.6 Å². The van der Waals surface area contributed by atoms with E-state index < -0.39 is 41.8 Å². The van der Waals surface area contributed by atoms with Crippen LogP contribution in [-0.4, -0.2) is 65.0 Å². The lowest BCUT2D eigenvalue weighted by Crippen LogP contribution is -2.56. The minimum Gasteiger partial charge on any atom is -0.370 e. The van der Waals surface area contributed by atoms with E-state index in [2.05, 4.69) is 25.9 Å². The van der Waals surface area contributed by atoms with Crippen molar-refractivity contribution in [2.45, 2.75) is 57.2 Å². The van der Waals surface area contributed by atoms with Crippen molar-refractivity contribution in [1.82, 2.24) is 20.9 Å². The third-order valence-electron chi connectivity index (χ3n) is 6.37. The Balaban J connectivity index is 1.86. The van der Waals surface area contributed by atoms with Gasteiger partial charge in [-0.15, -0.1) is 11.3 Å². The molecule has 3 rings (SSSR count). The predicted octanol–water partition coefficient (Wildman–Crippen LogP) is 0.515. The highest BCUT2D eigenvalue weighted by atomic mass is 32.1. The Morgan fingerprint density at radius 2 is 1.49 bits per heavy atom. The van der Waals surface area contributed by atoms with Gasteiger partial charge in [-0.2, -0.15) is 0 Å². The third kappa shape index (κ3) is 10.5. The highest BCUT2D eigenvalue weighted by Crippen LogP contribution is 2.23. The number of carbonyl (C=O) groups is 5. The number of nitrogens with one attached hydrogen (secondary N) is 3. The van der Waals surface area contributed by atoms with Crippen molar-refractivity contribution in [2.75, 3.05) is 6.54 Å². The lowest BCUT2D eigenvalue weighted by atomic mass is 10.0. The smallest absolute Gasteiger partial charge is 0.243 e. The van der Waals surface area contributed by atoms with Gasteiger partial charge in [0.2, 0.25) is 29.4 Å². The van der Waals surface area contributed by atoms with E-state index in [0.717, 1.165) is 10.3 Å². The summed E-state index contributed by atoms with van der Waals surface area (Å²) in [5.74, 6) is -2.89. The van der Waals surface area contributed by atoms with Gasteiger partial charge in [-0.05, 0) is 37.0 Å². The molecule has 0 saturated heterocycles. The largest absolute Gasteiger partial charge is 0.370 e. The van der Waals surface area contributed by atoms with E-state index >= 15 is 0 Å². The molecule has 0 saturated carbocycles. The molecular formula is C29H36N8O5S. The number of fused-ring (bicyclic) bond motifs is 1. The van der Waals surface area contributed by atoms with E-state index in [1.165, 1.54) is 18.3 Å². The Labute approximate surface area is 252 Å². The fourth-order valence-corrected chi connectivity index (χ4v) is 5.26. The number of ketones is 1.